The molecule has 1 fully saturated rings. The van der Waals surface area contributed by atoms with E-state index in [1.807, 2.05) is 0 Å². The van der Waals surface area contributed by atoms with Gasteiger partial charge in [0.1, 0.15) is 0 Å². The van der Waals surface area contributed by atoms with Crippen LogP contribution in [-0.2, 0) is 4.74 Å². The molecule has 0 amide bonds. The van der Waals surface area contributed by atoms with Crippen molar-refractivity contribution in [3.63, 3.8) is 0 Å². The molecule has 0 saturated carbocycles. The van der Waals surface area contributed by atoms with Crippen LogP contribution in [0, 0.1) is 13.8 Å². The van der Waals surface area contributed by atoms with Crippen molar-refractivity contribution in [2.75, 3.05) is 18.5 Å². The van der Waals surface area contributed by atoms with Crippen LogP contribution >= 0.6 is 24.0 Å². The van der Waals surface area contributed by atoms with E-state index in [1.165, 1.54) is 20.9 Å². The molecule has 2 aromatic rings. The van der Waals surface area contributed by atoms with Crippen molar-refractivity contribution in [2.24, 2.45) is 0 Å². The van der Waals surface area contributed by atoms with Crippen LogP contribution in [0.5, 0.6) is 0 Å². The lowest BCUT2D eigenvalue weighted by molar-refractivity contribution is 0.114. The van der Waals surface area contributed by atoms with Crippen molar-refractivity contribution in [3.05, 3.63) is 53.6 Å². The summed E-state index contributed by atoms with van der Waals surface area (Å²) in [6, 6.07) is 14.9. The van der Waals surface area contributed by atoms with E-state index in [2.05, 4.69) is 66.9 Å². The van der Waals surface area contributed by atoms with Crippen molar-refractivity contribution >= 4 is 34.8 Å². The van der Waals surface area contributed by atoms with Crippen LogP contribution < -0.4 is 10.6 Å². The molecule has 5 heteroatoms. The van der Waals surface area contributed by atoms with E-state index in [4.69, 9.17) is 17.0 Å². The molecule has 1 aliphatic rings. The maximum absolute atomic E-state index is 5.59. The Morgan fingerprint density at radius 2 is 2.00 bits per heavy atom. The molecule has 1 aliphatic heterocycles. The van der Waals surface area contributed by atoms with Gasteiger partial charge in [0.25, 0.3) is 0 Å². The minimum atomic E-state index is 0.288. The van der Waals surface area contributed by atoms with Gasteiger partial charge in [0.2, 0.25) is 0 Å². The monoisotopic (exact) mass is 372 g/mol. The quantitative estimate of drug-likeness (QED) is 0.728. The first-order chi connectivity index (χ1) is 12.1. The molecule has 0 aromatic heterocycles. The fourth-order valence-electron chi connectivity index (χ4n) is 2.74. The molecular formula is C20H24N2OS2. The summed E-state index contributed by atoms with van der Waals surface area (Å²) < 4.78 is 5.59. The summed E-state index contributed by atoms with van der Waals surface area (Å²) in [6.07, 6.45) is 2.54. The topological polar surface area (TPSA) is 33.3 Å². The molecule has 1 atom stereocenters. The first-order valence-corrected chi connectivity index (χ1v) is 9.84. The first kappa shape index (κ1) is 18.2. The number of hydrogen-bond acceptors (Lipinski definition) is 3. The molecule has 0 aliphatic carbocycles. The Morgan fingerprint density at radius 3 is 2.72 bits per heavy atom. The lowest BCUT2D eigenvalue weighted by Crippen LogP contribution is -2.34. The molecule has 0 spiro atoms. The van der Waals surface area contributed by atoms with Gasteiger partial charge < -0.3 is 15.4 Å². The lowest BCUT2D eigenvalue weighted by atomic mass is 10.2. The summed E-state index contributed by atoms with van der Waals surface area (Å²) in [5, 5.41) is 7.11. The second kappa shape index (κ2) is 8.70. The number of nitrogens with one attached hydrogen (secondary N) is 2. The SMILES string of the molecule is Cc1ccc(C)c(Sc2ccc(NC(=S)NC[C@H]3CCCO3)cc2)c1. The third-order valence-electron chi connectivity index (χ3n) is 4.20. The maximum Gasteiger partial charge on any atom is 0.170 e. The van der Waals surface area contributed by atoms with Crippen LogP contribution in [0.25, 0.3) is 0 Å². The van der Waals surface area contributed by atoms with E-state index in [0.29, 0.717) is 5.11 Å². The van der Waals surface area contributed by atoms with Gasteiger partial charge in [-0.25, -0.2) is 0 Å². The molecular weight excluding hydrogens is 348 g/mol. The molecule has 3 rings (SSSR count). The zero-order valence-corrected chi connectivity index (χ0v) is 16.3. The van der Waals surface area contributed by atoms with Gasteiger partial charge in [-0.3, -0.25) is 0 Å². The zero-order valence-electron chi connectivity index (χ0n) is 14.7. The number of aryl methyl sites for hydroxylation is 2. The summed E-state index contributed by atoms with van der Waals surface area (Å²) in [5.74, 6) is 0. The van der Waals surface area contributed by atoms with Crippen molar-refractivity contribution in [3.8, 4) is 0 Å². The molecule has 25 heavy (non-hydrogen) atoms. The highest BCUT2D eigenvalue weighted by atomic mass is 32.2. The molecule has 3 nitrogen and oxygen atoms in total. The molecule has 132 valence electrons. The number of ether oxygens (including phenoxy) is 1. The Hall–Kier alpha value is -1.56. The highest BCUT2D eigenvalue weighted by molar-refractivity contribution is 7.99. The van der Waals surface area contributed by atoms with Gasteiger partial charge in [0.15, 0.2) is 5.11 Å². The zero-order chi connectivity index (χ0) is 17.6. The maximum atomic E-state index is 5.59. The number of anilines is 1. The van der Waals surface area contributed by atoms with Crippen LogP contribution in [0.3, 0.4) is 0 Å². The third kappa shape index (κ3) is 5.46. The van der Waals surface area contributed by atoms with Crippen LogP contribution in [0.2, 0.25) is 0 Å². The molecule has 0 bridgehead atoms. The molecule has 0 radical (unpaired) electrons. The number of thiocarbonyl (C=S) groups is 1. The van der Waals surface area contributed by atoms with Gasteiger partial charge in [0, 0.05) is 28.6 Å². The van der Waals surface area contributed by atoms with Gasteiger partial charge >= 0.3 is 0 Å². The fourth-order valence-corrected chi connectivity index (χ4v) is 3.94. The van der Waals surface area contributed by atoms with Gasteiger partial charge in [-0.1, -0.05) is 23.9 Å². The lowest BCUT2D eigenvalue weighted by Gasteiger charge is -2.14. The molecule has 1 heterocycles. The normalized spacial score (nSPS) is 16.6. The fraction of sp³-hybridized carbons (Fsp3) is 0.350. The van der Waals surface area contributed by atoms with E-state index in [9.17, 15) is 0 Å². The Morgan fingerprint density at radius 1 is 1.20 bits per heavy atom. The summed E-state index contributed by atoms with van der Waals surface area (Å²) >= 11 is 7.15. The standard InChI is InChI=1S/C20H24N2OS2/c1-14-5-6-15(2)19(12-14)25-18-9-7-16(8-10-18)22-20(24)21-13-17-4-3-11-23-17/h5-10,12,17H,3-4,11,13H2,1-2H3,(H2,21,22,24)/t17-/m1/s1. The predicted molar refractivity (Wildman–Crippen MR) is 110 cm³/mol. The summed E-state index contributed by atoms with van der Waals surface area (Å²) in [6.45, 7) is 5.91. The van der Waals surface area contributed by atoms with E-state index in [0.717, 1.165) is 31.7 Å². The number of benzene rings is 2. The Kier molecular flexibility index (Phi) is 6.34. The first-order valence-electron chi connectivity index (χ1n) is 8.62. The summed E-state index contributed by atoms with van der Waals surface area (Å²) in [7, 11) is 0. The van der Waals surface area contributed by atoms with E-state index in [-0.39, 0.29) is 6.10 Å². The predicted octanol–water partition coefficient (Wildman–Crippen LogP) is 4.92. The van der Waals surface area contributed by atoms with Crippen molar-refractivity contribution in [1.29, 1.82) is 0 Å². The van der Waals surface area contributed by atoms with Gasteiger partial charge in [0.05, 0.1) is 6.10 Å². The van der Waals surface area contributed by atoms with E-state index < -0.39 is 0 Å². The van der Waals surface area contributed by atoms with Crippen molar-refractivity contribution < 1.29 is 4.74 Å². The molecule has 1 saturated heterocycles. The largest absolute Gasteiger partial charge is 0.376 e. The highest BCUT2D eigenvalue weighted by Gasteiger charge is 2.15. The number of hydrogen-bond donors (Lipinski definition) is 2. The van der Waals surface area contributed by atoms with Crippen LogP contribution in [-0.4, -0.2) is 24.4 Å². The van der Waals surface area contributed by atoms with Gasteiger partial charge in [-0.2, -0.15) is 0 Å². The van der Waals surface area contributed by atoms with Crippen LogP contribution in [0.4, 0.5) is 5.69 Å². The van der Waals surface area contributed by atoms with Gasteiger partial charge in [-0.15, -0.1) is 0 Å². The minimum Gasteiger partial charge on any atom is -0.376 e. The summed E-state index contributed by atoms with van der Waals surface area (Å²) in [4.78, 5) is 2.52. The average Bonchev–Trinajstić information content (AvgIpc) is 3.12. The molecule has 2 N–H and O–H groups in total. The molecule has 2 aromatic carbocycles. The van der Waals surface area contributed by atoms with Crippen LogP contribution in [0.15, 0.2) is 52.3 Å². The van der Waals surface area contributed by atoms with Crippen molar-refractivity contribution in [2.45, 2.75) is 42.6 Å². The Labute approximate surface area is 159 Å². The smallest absolute Gasteiger partial charge is 0.170 e. The number of rotatable bonds is 5. The van der Waals surface area contributed by atoms with E-state index in [1.54, 1.807) is 11.8 Å². The second-order valence-electron chi connectivity index (χ2n) is 6.37. The highest BCUT2D eigenvalue weighted by Crippen LogP contribution is 2.31. The average molecular weight is 373 g/mol. The Bertz CT molecular complexity index is 725. The second-order valence-corrected chi connectivity index (χ2v) is 7.89. The summed E-state index contributed by atoms with van der Waals surface area (Å²) in [5.41, 5.74) is 3.58. The van der Waals surface area contributed by atoms with Crippen molar-refractivity contribution in [1.82, 2.24) is 5.32 Å². The molecule has 0 unspecified atom stereocenters. The minimum absolute atomic E-state index is 0.288. The Balaban J connectivity index is 1.52. The van der Waals surface area contributed by atoms with E-state index >= 15 is 0 Å². The van der Waals surface area contributed by atoms with Crippen LogP contribution in [0.1, 0.15) is 24.0 Å². The van der Waals surface area contributed by atoms with Gasteiger partial charge in [-0.05, 0) is 80.4 Å². The third-order valence-corrected chi connectivity index (χ3v) is 5.61.